The van der Waals surface area contributed by atoms with E-state index >= 15 is 0 Å². The van der Waals surface area contributed by atoms with E-state index in [1.54, 1.807) is 11.0 Å². The van der Waals surface area contributed by atoms with Gasteiger partial charge in [-0.3, -0.25) is 9.59 Å². The van der Waals surface area contributed by atoms with Gasteiger partial charge in [0.25, 0.3) is 0 Å². The predicted octanol–water partition coefficient (Wildman–Crippen LogP) is 3.73. The first-order valence-corrected chi connectivity index (χ1v) is 10.7. The molecule has 2 aliphatic rings. The van der Waals surface area contributed by atoms with Crippen LogP contribution in [0.25, 0.3) is 0 Å². The molecule has 0 radical (unpaired) electrons. The highest BCUT2D eigenvalue weighted by Gasteiger charge is 2.26. The third-order valence-electron chi connectivity index (χ3n) is 5.07. The minimum Gasteiger partial charge on any atom is -0.491 e. The molecule has 0 aromatic heterocycles. The van der Waals surface area contributed by atoms with Crippen LogP contribution < -0.4 is 4.74 Å². The average molecular weight is 410 g/mol. The summed E-state index contributed by atoms with van der Waals surface area (Å²) < 4.78 is 11.7. The van der Waals surface area contributed by atoms with Crippen LogP contribution in [-0.4, -0.2) is 49.0 Å². The summed E-state index contributed by atoms with van der Waals surface area (Å²) in [7, 11) is 0. The Labute approximate surface area is 174 Å². The van der Waals surface area contributed by atoms with Crippen molar-refractivity contribution >= 4 is 23.5 Å². The second-order valence-electron chi connectivity index (χ2n) is 7.03. The molecule has 2 aromatic carbocycles. The highest BCUT2D eigenvalue weighted by atomic mass is 32.2. The third-order valence-corrected chi connectivity index (χ3v) is 5.89. The number of benzene rings is 2. The van der Waals surface area contributed by atoms with E-state index in [-0.39, 0.29) is 17.8 Å². The smallest absolute Gasteiger partial charge is 0.247 e. The molecule has 0 spiro atoms. The van der Waals surface area contributed by atoms with Gasteiger partial charge in [0.05, 0.1) is 13.2 Å². The van der Waals surface area contributed by atoms with Crippen LogP contribution >= 0.6 is 11.8 Å². The van der Waals surface area contributed by atoms with Gasteiger partial charge in [-0.2, -0.15) is 0 Å². The molecular formula is C23H23NO4S. The minimum absolute atomic E-state index is 0.0204. The molecule has 1 aliphatic heterocycles. The summed E-state index contributed by atoms with van der Waals surface area (Å²) in [5, 5.41) is 1.82. The third kappa shape index (κ3) is 4.89. The molecule has 150 valence electrons. The quantitative estimate of drug-likeness (QED) is 0.538. The Balaban J connectivity index is 1.30. The number of fused-ring (bicyclic) bond motifs is 1. The molecule has 29 heavy (non-hydrogen) atoms. The van der Waals surface area contributed by atoms with Crippen LogP contribution in [0.15, 0.2) is 64.9 Å². The maximum atomic E-state index is 12.5. The monoisotopic (exact) mass is 409 g/mol. The van der Waals surface area contributed by atoms with Crippen LogP contribution in [0.5, 0.6) is 5.75 Å². The Morgan fingerprint density at radius 3 is 2.90 bits per heavy atom. The average Bonchev–Trinajstić information content (AvgIpc) is 3.15. The lowest BCUT2D eigenvalue weighted by Gasteiger charge is -2.32. The lowest BCUT2D eigenvalue weighted by molar-refractivity contribution is -0.134. The fourth-order valence-electron chi connectivity index (χ4n) is 3.57. The van der Waals surface area contributed by atoms with Crippen molar-refractivity contribution in [1.82, 2.24) is 4.90 Å². The van der Waals surface area contributed by atoms with Crippen molar-refractivity contribution in [3.8, 4) is 5.75 Å². The van der Waals surface area contributed by atoms with E-state index in [0.29, 0.717) is 32.7 Å². The summed E-state index contributed by atoms with van der Waals surface area (Å²) in [6.07, 6.45) is 2.70. The zero-order chi connectivity index (χ0) is 20.1. The Hall–Kier alpha value is -2.57. The van der Waals surface area contributed by atoms with Gasteiger partial charge in [-0.05, 0) is 30.0 Å². The van der Waals surface area contributed by atoms with Gasteiger partial charge >= 0.3 is 0 Å². The second-order valence-corrected chi connectivity index (χ2v) is 8.01. The summed E-state index contributed by atoms with van der Waals surface area (Å²) >= 11 is 1.52. The molecule has 1 saturated heterocycles. The van der Waals surface area contributed by atoms with Crippen LogP contribution in [0.3, 0.4) is 0 Å². The number of ether oxygens (including phenoxy) is 2. The minimum atomic E-state index is -0.184. The van der Waals surface area contributed by atoms with E-state index in [4.69, 9.17) is 9.47 Å². The topological polar surface area (TPSA) is 55.8 Å². The molecule has 6 heteroatoms. The van der Waals surface area contributed by atoms with Gasteiger partial charge in [0.1, 0.15) is 18.5 Å². The number of ketones is 1. The number of carbonyl (C=O) groups is 2. The van der Waals surface area contributed by atoms with E-state index in [0.717, 1.165) is 28.2 Å². The standard InChI is InChI=1S/C23H23NO4S/c25-21-10-9-20-19(21)7-4-8-22(20)28-16-17-15-24(12-13-27-17)23(26)11-14-29-18-5-2-1-3-6-18/h1-8,11,14,17H,9-10,12-13,15-16H2. The molecule has 1 aliphatic carbocycles. The SMILES string of the molecule is O=C1CCc2c(OCC3CN(C(=O)C=CSc4ccccc4)CCO3)cccc21. The highest BCUT2D eigenvalue weighted by molar-refractivity contribution is 8.02. The van der Waals surface area contributed by atoms with Crippen molar-refractivity contribution in [1.29, 1.82) is 0 Å². The van der Waals surface area contributed by atoms with Gasteiger partial charge < -0.3 is 14.4 Å². The molecule has 5 nitrogen and oxygen atoms in total. The van der Waals surface area contributed by atoms with Crippen LogP contribution in [0.4, 0.5) is 0 Å². The van der Waals surface area contributed by atoms with E-state index in [2.05, 4.69) is 0 Å². The molecular weight excluding hydrogens is 386 g/mol. The molecule has 2 aromatic rings. The molecule has 4 rings (SSSR count). The van der Waals surface area contributed by atoms with Crippen molar-refractivity contribution in [3.05, 3.63) is 71.1 Å². The number of thioether (sulfide) groups is 1. The second kappa shape index (κ2) is 9.29. The lowest BCUT2D eigenvalue weighted by atomic mass is 10.1. The molecule has 0 saturated carbocycles. The van der Waals surface area contributed by atoms with E-state index in [1.165, 1.54) is 11.8 Å². The number of carbonyl (C=O) groups excluding carboxylic acids is 2. The maximum Gasteiger partial charge on any atom is 0.247 e. The lowest BCUT2D eigenvalue weighted by Crippen LogP contribution is -2.47. The fourth-order valence-corrected chi connectivity index (χ4v) is 4.23. The number of rotatable bonds is 6. The zero-order valence-corrected chi connectivity index (χ0v) is 16.9. The Bertz CT molecular complexity index is 912. The van der Waals surface area contributed by atoms with Crippen molar-refractivity contribution in [2.45, 2.75) is 23.8 Å². The number of hydrogen-bond donors (Lipinski definition) is 0. The van der Waals surface area contributed by atoms with Crippen LogP contribution in [0.2, 0.25) is 0 Å². The van der Waals surface area contributed by atoms with Gasteiger partial charge in [-0.15, -0.1) is 0 Å². The van der Waals surface area contributed by atoms with Gasteiger partial charge in [-0.25, -0.2) is 0 Å². The first-order chi connectivity index (χ1) is 14.2. The van der Waals surface area contributed by atoms with Crippen molar-refractivity contribution in [3.63, 3.8) is 0 Å². The van der Waals surface area contributed by atoms with Crippen LogP contribution in [0.1, 0.15) is 22.3 Å². The largest absolute Gasteiger partial charge is 0.491 e. The number of hydrogen-bond acceptors (Lipinski definition) is 5. The van der Waals surface area contributed by atoms with E-state index < -0.39 is 0 Å². The molecule has 1 atom stereocenters. The highest BCUT2D eigenvalue weighted by Crippen LogP contribution is 2.30. The Morgan fingerprint density at radius 2 is 2.03 bits per heavy atom. The number of nitrogens with zero attached hydrogens (tertiary/aromatic N) is 1. The molecule has 1 amide bonds. The summed E-state index contributed by atoms with van der Waals surface area (Å²) in [6, 6.07) is 15.5. The predicted molar refractivity (Wildman–Crippen MR) is 112 cm³/mol. The Kier molecular flexibility index (Phi) is 6.32. The molecule has 1 unspecified atom stereocenters. The molecule has 0 bridgehead atoms. The van der Waals surface area contributed by atoms with Gasteiger partial charge in [0, 0.05) is 35.1 Å². The van der Waals surface area contributed by atoms with Crippen molar-refractivity contribution in [2.24, 2.45) is 0 Å². The summed E-state index contributed by atoms with van der Waals surface area (Å²) in [5.74, 6) is 0.906. The maximum absolute atomic E-state index is 12.5. The van der Waals surface area contributed by atoms with Gasteiger partial charge in [0.2, 0.25) is 5.91 Å². The molecule has 1 fully saturated rings. The first-order valence-electron chi connectivity index (χ1n) is 9.77. The summed E-state index contributed by atoms with van der Waals surface area (Å²) in [4.78, 5) is 27.3. The zero-order valence-electron chi connectivity index (χ0n) is 16.1. The normalized spacial score (nSPS) is 18.8. The van der Waals surface area contributed by atoms with Crippen molar-refractivity contribution in [2.75, 3.05) is 26.3 Å². The van der Waals surface area contributed by atoms with E-state index in [1.807, 2.05) is 53.9 Å². The van der Waals surface area contributed by atoms with Crippen molar-refractivity contribution < 1.29 is 19.1 Å². The molecule has 0 N–H and O–H groups in total. The Morgan fingerprint density at radius 1 is 1.17 bits per heavy atom. The van der Waals surface area contributed by atoms with Crippen LogP contribution in [-0.2, 0) is 16.0 Å². The number of amides is 1. The molecule has 1 heterocycles. The number of morpholine rings is 1. The van der Waals surface area contributed by atoms with Gasteiger partial charge in [-0.1, -0.05) is 42.1 Å². The fraction of sp³-hybridized carbons (Fsp3) is 0.304. The first kappa shape index (κ1) is 19.7. The number of Topliss-reactive ketones (excluding diaryl/α,β-unsaturated/α-hetero) is 1. The van der Waals surface area contributed by atoms with E-state index in [9.17, 15) is 9.59 Å². The van der Waals surface area contributed by atoms with Gasteiger partial charge in [0.15, 0.2) is 5.78 Å². The van der Waals surface area contributed by atoms with Crippen LogP contribution in [0, 0.1) is 0 Å². The summed E-state index contributed by atoms with van der Waals surface area (Å²) in [6.45, 7) is 1.92. The summed E-state index contributed by atoms with van der Waals surface area (Å²) in [5.41, 5.74) is 1.76.